The molecule has 148 valence electrons. The summed E-state index contributed by atoms with van der Waals surface area (Å²) in [6, 6.07) is 9.47. The predicted molar refractivity (Wildman–Crippen MR) is 114 cm³/mol. The van der Waals surface area contributed by atoms with Gasteiger partial charge in [-0.2, -0.15) is 0 Å². The fourth-order valence-electron chi connectivity index (χ4n) is 2.09. The molecule has 3 N–H and O–H groups in total. The molecule has 0 atom stereocenters. The summed E-state index contributed by atoms with van der Waals surface area (Å²) >= 11 is 0. The lowest BCUT2D eigenvalue weighted by Crippen LogP contribution is -2.41. The van der Waals surface area contributed by atoms with Gasteiger partial charge in [0.15, 0.2) is 5.96 Å². The molecular weight excluding hydrogens is 484 g/mol. The van der Waals surface area contributed by atoms with Gasteiger partial charge < -0.3 is 10.6 Å². The quantitative estimate of drug-likeness (QED) is 0.220. The van der Waals surface area contributed by atoms with Gasteiger partial charge in [-0.3, -0.25) is 4.98 Å². The second-order valence-electron chi connectivity index (χ2n) is 5.30. The van der Waals surface area contributed by atoms with E-state index in [0.717, 1.165) is 0 Å². The van der Waals surface area contributed by atoms with Gasteiger partial charge in [0, 0.05) is 37.6 Å². The summed E-state index contributed by atoms with van der Waals surface area (Å²) in [6.07, 6.45) is 2.80. The fraction of sp³-hybridized carbons (Fsp3) is 0.294. The number of pyridine rings is 1. The molecule has 0 aliphatic heterocycles. The number of aromatic nitrogens is 1. The summed E-state index contributed by atoms with van der Waals surface area (Å²) in [5, 5.41) is 6.04. The van der Waals surface area contributed by atoms with Crippen LogP contribution in [0.4, 0.5) is 4.39 Å². The van der Waals surface area contributed by atoms with Crippen molar-refractivity contribution in [2.24, 2.45) is 4.99 Å². The number of aliphatic imine (C=N–C) groups is 1. The molecule has 7 nitrogen and oxygen atoms in total. The van der Waals surface area contributed by atoms with Crippen molar-refractivity contribution >= 4 is 40.0 Å². The maximum Gasteiger partial charge on any atom is 0.242 e. The third kappa shape index (κ3) is 7.77. The van der Waals surface area contributed by atoms with Gasteiger partial charge in [0.05, 0.1) is 6.54 Å². The molecule has 0 unspecified atom stereocenters. The first-order chi connectivity index (χ1) is 12.5. The van der Waals surface area contributed by atoms with Crippen LogP contribution in [-0.2, 0) is 16.6 Å². The monoisotopic (exact) mass is 507 g/mol. The van der Waals surface area contributed by atoms with E-state index in [9.17, 15) is 12.8 Å². The highest BCUT2D eigenvalue weighted by molar-refractivity contribution is 14.0. The molecule has 0 bridgehead atoms. The number of rotatable bonds is 8. The van der Waals surface area contributed by atoms with E-state index >= 15 is 0 Å². The topological polar surface area (TPSA) is 95.5 Å². The molecule has 1 aromatic heterocycles. The van der Waals surface area contributed by atoms with Crippen LogP contribution in [0.1, 0.15) is 12.5 Å². The van der Waals surface area contributed by atoms with Crippen molar-refractivity contribution in [3.8, 4) is 0 Å². The Morgan fingerprint density at radius 2 is 1.93 bits per heavy atom. The first-order valence-electron chi connectivity index (χ1n) is 8.18. The Labute approximate surface area is 176 Å². The number of guanidine groups is 1. The number of sulfonamides is 1. The Morgan fingerprint density at radius 3 is 2.59 bits per heavy atom. The summed E-state index contributed by atoms with van der Waals surface area (Å²) in [5.74, 6) is 0.174. The Balaban J connectivity index is 0.00000364. The molecule has 0 saturated heterocycles. The van der Waals surface area contributed by atoms with Crippen LogP contribution < -0.4 is 15.4 Å². The highest BCUT2D eigenvalue weighted by Gasteiger charge is 2.12. The predicted octanol–water partition coefficient (Wildman–Crippen LogP) is 1.87. The van der Waals surface area contributed by atoms with E-state index in [4.69, 9.17) is 0 Å². The van der Waals surface area contributed by atoms with Crippen LogP contribution >= 0.6 is 24.0 Å². The Bertz CT molecular complexity index is 834. The van der Waals surface area contributed by atoms with Crippen molar-refractivity contribution in [3.05, 3.63) is 60.2 Å². The zero-order chi connectivity index (χ0) is 18.8. The highest BCUT2D eigenvalue weighted by atomic mass is 127. The Hall–Kier alpha value is -1.79. The molecule has 0 saturated carbocycles. The van der Waals surface area contributed by atoms with Gasteiger partial charge in [-0.05, 0) is 25.1 Å². The normalized spacial score (nSPS) is 11.6. The van der Waals surface area contributed by atoms with E-state index in [2.05, 4.69) is 25.3 Å². The van der Waals surface area contributed by atoms with E-state index in [1.54, 1.807) is 24.3 Å². The summed E-state index contributed by atoms with van der Waals surface area (Å²) in [7, 11) is -3.59. The van der Waals surface area contributed by atoms with Crippen LogP contribution in [-0.4, -0.2) is 39.0 Å². The third-order valence-corrected chi connectivity index (χ3v) is 4.81. The van der Waals surface area contributed by atoms with E-state index < -0.39 is 10.0 Å². The molecule has 27 heavy (non-hydrogen) atoms. The van der Waals surface area contributed by atoms with Gasteiger partial charge in [0.25, 0.3) is 0 Å². The van der Waals surface area contributed by atoms with Gasteiger partial charge in [-0.1, -0.05) is 18.2 Å². The SMILES string of the molecule is CCNC(=NCc1ccccc1F)NCCNS(=O)(=O)c1cccnc1.I. The zero-order valence-electron chi connectivity index (χ0n) is 14.9. The molecular formula is C17H23FIN5O2S. The van der Waals surface area contributed by atoms with Gasteiger partial charge >= 0.3 is 0 Å². The fourth-order valence-corrected chi connectivity index (χ4v) is 3.08. The van der Waals surface area contributed by atoms with E-state index in [-0.39, 0.29) is 47.8 Å². The summed E-state index contributed by atoms with van der Waals surface area (Å²) < 4.78 is 40.3. The molecule has 0 amide bonds. The highest BCUT2D eigenvalue weighted by Crippen LogP contribution is 2.07. The first-order valence-corrected chi connectivity index (χ1v) is 9.66. The van der Waals surface area contributed by atoms with Crippen LogP contribution in [0.5, 0.6) is 0 Å². The number of nitrogens with one attached hydrogen (secondary N) is 3. The smallest absolute Gasteiger partial charge is 0.242 e. The molecule has 10 heteroatoms. The molecule has 2 aromatic rings. The third-order valence-electron chi connectivity index (χ3n) is 3.36. The Morgan fingerprint density at radius 1 is 1.15 bits per heavy atom. The summed E-state index contributed by atoms with van der Waals surface area (Å²) in [6.45, 7) is 3.21. The van der Waals surface area contributed by atoms with Crippen molar-refractivity contribution < 1.29 is 12.8 Å². The van der Waals surface area contributed by atoms with Gasteiger partial charge in [-0.25, -0.2) is 22.5 Å². The maximum absolute atomic E-state index is 13.6. The maximum atomic E-state index is 13.6. The average Bonchev–Trinajstić information content (AvgIpc) is 2.65. The molecule has 0 aliphatic carbocycles. The minimum Gasteiger partial charge on any atom is -0.357 e. The lowest BCUT2D eigenvalue weighted by Gasteiger charge is -2.12. The number of nitrogens with zero attached hydrogens (tertiary/aromatic N) is 2. The standard InChI is InChI=1S/C17H22FN5O2S.HI/c1-2-20-17(22-12-14-6-3-4-8-16(14)18)21-10-11-23-26(24,25)15-7-5-9-19-13-15;/h3-9,13,23H,2,10-12H2,1H3,(H2,20,21,22);1H. The molecule has 1 heterocycles. The minimum atomic E-state index is -3.59. The molecule has 0 spiro atoms. The minimum absolute atomic E-state index is 0. The van der Waals surface area contributed by atoms with E-state index in [0.29, 0.717) is 24.6 Å². The second kappa shape index (κ2) is 11.8. The van der Waals surface area contributed by atoms with Crippen LogP contribution in [0.2, 0.25) is 0 Å². The van der Waals surface area contributed by atoms with Crippen LogP contribution in [0, 0.1) is 5.82 Å². The zero-order valence-corrected chi connectivity index (χ0v) is 18.0. The lowest BCUT2D eigenvalue weighted by atomic mass is 10.2. The van der Waals surface area contributed by atoms with Crippen LogP contribution in [0.3, 0.4) is 0 Å². The van der Waals surface area contributed by atoms with Crippen molar-refractivity contribution in [2.45, 2.75) is 18.4 Å². The molecule has 2 rings (SSSR count). The first kappa shape index (κ1) is 23.2. The van der Waals surface area contributed by atoms with Gasteiger partial charge in [0.1, 0.15) is 10.7 Å². The van der Waals surface area contributed by atoms with E-state index in [1.807, 2.05) is 6.92 Å². The van der Waals surface area contributed by atoms with Crippen molar-refractivity contribution in [2.75, 3.05) is 19.6 Å². The average molecular weight is 507 g/mol. The van der Waals surface area contributed by atoms with Crippen LogP contribution in [0.15, 0.2) is 58.7 Å². The molecule has 1 aromatic carbocycles. The molecule has 0 fully saturated rings. The number of benzene rings is 1. The van der Waals surface area contributed by atoms with Crippen LogP contribution in [0.25, 0.3) is 0 Å². The van der Waals surface area contributed by atoms with Crippen molar-refractivity contribution in [1.29, 1.82) is 0 Å². The number of halogens is 2. The van der Waals surface area contributed by atoms with Crippen molar-refractivity contribution in [1.82, 2.24) is 20.3 Å². The summed E-state index contributed by atoms with van der Waals surface area (Å²) in [4.78, 5) is 8.21. The van der Waals surface area contributed by atoms with Gasteiger partial charge in [0.2, 0.25) is 10.0 Å². The number of hydrogen-bond donors (Lipinski definition) is 3. The molecule has 0 radical (unpaired) electrons. The number of hydrogen-bond acceptors (Lipinski definition) is 4. The second-order valence-corrected chi connectivity index (χ2v) is 7.07. The Kier molecular flexibility index (Phi) is 10.2. The lowest BCUT2D eigenvalue weighted by molar-refractivity contribution is 0.580. The summed E-state index contributed by atoms with van der Waals surface area (Å²) in [5.41, 5.74) is 0.488. The van der Waals surface area contributed by atoms with E-state index in [1.165, 1.54) is 24.5 Å². The largest absolute Gasteiger partial charge is 0.357 e. The van der Waals surface area contributed by atoms with Crippen molar-refractivity contribution in [3.63, 3.8) is 0 Å². The van der Waals surface area contributed by atoms with Gasteiger partial charge in [-0.15, -0.1) is 24.0 Å². The molecule has 0 aliphatic rings.